The fraction of sp³-hybridized carbons (Fsp3) is 0. The quantitative estimate of drug-likeness (QED) is 0.0250. The summed E-state index contributed by atoms with van der Waals surface area (Å²) in [7, 11) is -14.5. The van der Waals surface area contributed by atoms with Crippen molar-refractivity contribution < 1.29 is 68.5 Å². The molecule has 0 aliphatic rings. The summed E-state index contributed by atoms with van der Waals surface area (Å²) < 4.78 is 105. The van der Waals surface area contributed by atoms with Crippen LogP contribution in [0.15, 0.2) is 90.5 Å². The van der Waals surface area contributed by atoms with Gasteiger partial charge in [0.2, 0.25) is 17.2 Å². The summed E-state index contributed by atoms with van der Waals surface area (Å²) >= 11 is 6.29. The number of carboxylic acids is 1. The monoisotopic (exact) mass is 831 g/mol. The average molecular weight is 832 g/mol. The van der Waals surface area contributed by atoms with Gasteiger partial charge in [-0.05, 0) is 65.5 Å². The molecule has 0 fully saturated rings. The summed E-state index contributed by atoms with van der Waals surface area (Å²) in [5, 5.41) is 45.3. The lowest BCUT2D eigenvalue weighted by atomic mass is 10.1. The van der Waals surface area contributed by atoms with Gasteiger partial charge in [-0.1, -0.05) is 17.2 Å². The van der Waals surface area contributed by atoms with Crippen molar-refractivity contribution in [3.63, 3.8) is 0 Å². The van der Waals surface area contributed by atoms with E-state index in [4.69, 9.17) is 16.9 Å². The highest BCUT2D eigenvalue weighted by molar-refractivity contribution is 7.94. The number of aromatic nitrogens is 3. The van der Waals surface area contributed by atoms with Crippen LogP contribution in [0.4, 0.5) is 34.6 Å². The fourth-order valence-corrected chi connectivity index (χ4v) is 6.78. The second-order valence-electron chi connectivity index (χ2n) is 9.97. The van der Waals surface area contributed by atoms with E-state index in [2.05, 4.69) is 45.2 Å². The molecule has 0 bridgehead atoms. The number of phenols is 1. The van der Waals surface area contributed by atoms with E-state index in [0.29, 0.717) is 6.07 Å². The Bertz CT molecular complexity index is 2670. The zero-order valence-electron chi connectivity index (χ0n) is 25.4. The number of carbonyl (C=O) groups is 1. The lowest BCUT2D eigenvalue weighted by Crippen LogP contribution is -2.09. The molecule has 0 amide bonds. The van der Waals surface area contributed by atoms with Crippen molar-refractivity contribution in [2.24, 2.45) is 10.2 Å². The molecule has 0 saturated heterocycles. The number of azo groups is 1. The van der Waals surface area contributed by atoms with E-state index in [1.807, 2.05) is 0 Å². The summed E-state index contributed by atoms with van der Waals surface area (Å²) in [6.45, 7) is 0. The highest BCUT2D eigenvalue weighted by atomic mass is 35.5. The molecule has 53 heavy (non-hydrogen) atoms. The first-order chi connectivity index (χ1) is 24.8. The number of carboxylic acid groups (broad SMARTS) is 1. The normalized spacial score (nSPS) is 12.3. The number of halogens is 1. The summed E-state index contributed by atoms with van der Waals surface area (Å²) in [6.07, 6.45) is 0. The Morgan fingerprint density at radius 1 is 0.792 bits per heavy atom. The van der Waals surface area contributed by atoms with Crippen molar-refractivity contribution in [1.82, 2.24) is 15.0 Å². The molecule has 5 rings (SSSR count). The Morgan fingerprint density at radius 3 is 2.04 bits per heavy atom. The number of nitrogens with zero attached hydrogens (tertiary/aromatic N) is 5. The van der Waals surface area contributed by atoms with Crippen LogP contribution in [0.2, 0.25) is 5.28 Å². The van der Waals surface area contributed by atoms with Crippen LogP contribution in [0.25, 0.3) is 10.8 Å². The zero-order valence-corrected chi connectivity index (χ0v) is 29.4. The third kappa shape index (κ3) is 9.09. The molecular weight excluding hydrogens is 814 g/mol. The van der Waals surface area contributed by atoms with Gasteiger partial charge in [-0.25, -0.2) is 10.1 Å². The van der Waals surface area contributed by atoms with Gasteiger partial charge < -0.3 is 20.8 Å². The molecule has 5 aromatic rings. The Morgan fingerprint density at radius 2 is 1.43 bits per heavy atom. The lowest BCUT2D eigenvalue weighted by Gasteiger charge is -2.15. The highest BCUT2D eigenvalue weighted by Crippen LogP contribution is 2.47. The van der Waals surface area contributed by atoms with Gasteiger partial charge in [-0.2, -0.15) is 40.2 Å². The van der Waals surface area contributed by atoms with Crippen LogP contribution < -0.4 is 10.6 Å². The van der Waals surface area contributed by atoms with Crippen molar-refractivity contribution in [3.05, 3.63) is 71.5 Å². The molecule has 0 saturated carbocycles. The number of nitrogens with one attached hydrogen (secondary N) is 2. The summed E-state index contributed by atoms with van der Waals surface area (Å²) in [5.41, 5.74) is -2.18. The molecule has 22 nitrogen and oxygen atoms in total. The standard InChI is InChI=1S/C26H18ClN7O15S4/c27-24-30-25(28-15-6-5-12(51(39,40)41)9-14(15)23(36)37)32-26(31-24)29-17-10-13(52(42,43)44)7-11-8-18(50-49-48-38)21(22(35)20(11)17)34-33-16-3-1-2-4-19(16)53(45,46)47/h1-10,35,38H,(H,36,37)(H,39,40,41)(H,42,43,44)(H,45,46,47)(H2,28,29,30,31,32)/b34-33+. The van der Waals surface area contributed by atoms with Crippen LogP contribution in [-0.4, -0.2) is 75.3 Å². The zero-order chi connectivity index (χ0) is 38.9. The van der Waals surface area contributed by atoms with Gasteiger partial charge in [-0.15, -0.1) is 14.6 Å². The Hall–Kier alpha value is -5.13. The highest BCUT2D eigenvalue weighted by Gasteiger charge is 2.24. The molecular formula is C26H18ClN7O15S4. The molecule has 278 valence electrons. The number of aromatic carboxylic acids is 1. The second-order valence-corrected chi connectivity index (χ2v) is 15.3. The third-order valence-corrected chi connectivity index (χ3v) is 9.97. The van der Waals surface area contributed by atoms with E-state index in [1.54, 1.807) is 0 Å². The molecule has 0 unspecified atom stereocenters. The van der Waals surface area contributed by atoms with Crippen molar-refractivity contribution in [3.8, 4) is 5.75 Å². The van der Waals surface area contributed by atoms with E-state index in [0.717, 1.165) is 42.5 Å². The van der Waals surface area contributed by atoms with Gasteiger partial charge in [0.1, 0.15) is 16.3 Å². The van der Waals surface area contributed by atoms with Crippen LogP contribution in [0.1, 0.15) is 10.4 Å². The van der Waals surface area contributed by atoms with Crippen LogP contribution in [0.5, 0.6) is 5.75 Å². The predicted octanol–water partition coefficient (Wildman–Crippen LogP) is 5.15. The van der Waals surface area contributed by atoms with E-state index in [1.165, 1.54) is 12.1 Å². The van der Waals surface area contributed by atoms with Crippen molar-refractivity contribution in [1.29, 1.82) is 0 Å². The van der Waals surface area contributed by atoms with Gasteiger partial charge >= 0.3 is 5.97 Å². The fourth-order valence-electron chi connectivity index (χ4n) is 4.45. The second kappa shape index (κ2) is 15.1. The Balaban J connectivity index is 1.67. The minimum atomic E-state index is -4.97. The number of aromatic hydroxyl groups is 1. The predicted molar refractivity (Wildman–Crippen MR) is 181 cm³/mol. The molecule has 4 aromatic carbocycles. The molecule has 8 N–H and O–H groups in total. The number of benzene rings is 4. The maximum atomic E-state index is 12.3. The first kappa shape index (κ1) is 39.1. The average Bonchev–Trinajstić information content (AvgIpc) is 3.05. The number of phenolic OH excluding ortho intramolecular Hbond substituents is 1. The maximum absolute atomic E-state index is 12.3. The van der Waals surface area contributed by atoms with E-state index >= 15 is 0 Å². The van der Waals surface area contributed by atoms with Gasteiger partial charge in [0.05, 0.1) is 43.7 Å². The lowest BCUT2D eigenvalue weighted by molar-refractivity contribution is -0.432. The topological polar surface area (TPSA) is 347 Å². The van der Waals surface area contributed by atoms with Gasteiger partial charge in [0.15, 0.2) is 5.75 Å². The van der Waals surface area contributed by atoms with Crippen molar-refractivity contribution >= 4 is 105 Å². The smallest absolute Gasteiger partial charge is 0.337 e. The largest absolute Gasteiger partial charge is 0.505 e. The van der Waals surface area contributed by atoms with Gasteiger partial charge in [0.25, 0.3) is 30.4 Å². The van der Waals surface area contributed by atoms with E-state index in [9.17, 15) is 53.9 Å². The number of anilines is 4. The van der Waals surface area contributed by atoms with Crippen molar-refractivity contribution in [2.75, 3.05) is 10.6 Å². The van der Waals surface area contributed by atoms with Crippen LogP contribution in [0, 0.1) is 0 Å². The van der Waals surface area contributed by atoms with Gasteiger partial charge in [0, 0.05) is 5.39 Å². The van der Waals surface area contributed by atoms with Crippen LogP contribution in [0.3, 0.4) is 0 Å². The number of hydrogen-bond donors (Lipinski definition) is 8. The van der Waals surface area contributed by atoms with E-state index in [-0.39, 0.29) is 44.8 Å². The number of rotatable bonds is 13. The molecule has 1 aromatic heterocycles. The first-order valence-corrected chi connectivity index (χ1v) is 18.9. The van der Waals surface area contributed by atoms with Gasteiger partial charge in [-0.3, -0.25) is 13.7 Å². The van der Waals surface area contributed by atoms with Crippen molar-refractivity contribution in [2.45, 2.75) is 19.6 Å². The SMILES string of the molecule is O=C(O)c1cc(S(=O)(=O)O)ccc1Nc1nc(Cl)nc(Nc2cc(S(=O)(=O)O)cc3cc(SOOO)c(/N=N/c4ccccc4S(=O)(=O)O)c(O)c23)n1. The molecule has 0 aliphatic heterocycles. The minimum absolute atomic E-state index is 0.162. The molecule has 0 atom stereocenters. The summed E-state index contributed by atoms with van der Waals surface area (Å²) in [4.78, 5) is 21.2. The molecule has 0 spiro atoms. The molecule has 0 radical (unpaired) electrons. The Labute approximate surface area is 305 Å². The number of fused-ring (bicyclic) bond motifs is 1. The number of hydrogen-bond acceptors (Lipinski definition) is 19. The molecule has 27 heteroatoms. The first-order valence-electron chi connectivity index (χ1n) is 13.5. The summed E-state index contributed by atoms with van der Waals surface area (Å²) in [5.74, 6) is -3.38. The minimum Gasteiger partial charge on any atom is -0.505 e. The summed E-state index contributed by atoms with van der Waals surface area (Å²) in [6, 6.07) is 10.2. The maximum Gasteiger partial charge on any atom is 0.337 e. The Kier molecular flexibility index (Phi) is 11.1. The molecule has 0 aliphatic carbocycles. The third-order valence-electron chi connectivity index (χ3n) is 6.60. The van der Waals surface area contributed by atoms with Crippen LogP contribution >= 0.6 is 23.6 Å². The van der Waals surface area contributed by atoms with Crippen LogP contribution in [-0.2, 0) is 39.7 Å². The molecule has 1 heterocycles. The van der Waals surface area contributed by atoms with E-state index < -0.39 is 85.2 Å².